The number of hydrogen-bond acceptors (Lipinski definition) is 6. The van der Waals surface area contributed by atoms with Crippen LogP contribution in [0.1, 0.15) is 0 Å². The zero-order chi connectivity index (χ0) is 27.8. The van der Waals surface area contributed by atoms with Crippen molar-refractivity contribution in [3.63, 3.8) is 0 Å². The number of halogens is 1. The number of methoxy groups -OCH3 is 1. The van der Waals surface area contributed by atoms with E-state index < -0.39 is 0 Å². The topological polar surface area (TPSA) is 112 Å². The Bertz CT molecular complexity index is 1880. The summed E-state index contributed by atoms with van der Waals surface area (Å²) in [6.45, 7) is 0.280. The van der Waals surface area contributed by atoms with Crippen molar-refractivity contribution in [1.29, 1.82) is 0 Å². The van der Waals surface area contributed by atoms with Crippen molar-refractivity contribution < 1.29 is 13.9 Å². The van der Waals surface area contributed by atoms with E-state index in [1.807, 2.05) is 50.5 Å². The molecular weight excluding hydrogens is 509 g/mol. The fourth-order valence-electron chi connectivity index (χ4n) is 4.80. The molecule has 0 saturated carbocycles. The Hall–Kier alpha value is -5.09. The lowest BCUT2D eigenvalue weighted by Gasteiger charge is -2.11. The highest BCUT2D eigenvalue weighted by Gasteiger charge is 2.16. The first kappa shape index (κ1) is 25.2. The Morgan fingerprint density at radius 1 is 1.00 bits per heavy atom. The second-order valence-electron chi connectivity index (χ2n) is 9.76. The fraction of sp³-hybridized carbons (Fsp3) is 0.133. The molecule has 9 nitrogen and oxygen atoms in total. The van der Waals surface area contributed by atoms with Gasteiger partial charge in [-0.2, -0.15) is 5.10 Å². The number of H-pyrrole nitrogens is 2. The first-order valence-electron chi connectivity index (χ1n) is 12.6. The lowest BCUT2D eigenvalue weighted by molar-refractivity contribution is -0.116. The van der Waals surface area contributed by atoms with Crippen molar-refractivity contribution in [3.8, 4) is 39.4 Å². The summed E-state index contributed by atoms with van der Waals surface area (Å²) in [5, 5.41) is 12.3. The number of nitrogens with one attached hydrogen (secondary N) is 3. The molecule has 0 radical (unpaired) electrons. The van der Waals surface area contributed by atoms with Gasteiger partial charge in [-0.25, -0.2) is 9.37 Å². The lowest BCUT2D eigenvalue weighted by atomic mass is 10.0. The minimum Gasteiger partial charge on any atom is -0.497 e. The van der Waals surface area contributed by atoms with Crippen molar-refractivity contribution >= 4 is 33.5 Å². The van der Waals surface area contributed by atoms with Crippen molar-refractivity contribution in [1.82, 2.24) is 30.0 Å². The molecule has 0 saturated heterocycles. The molecule has 1 amide bonds. The minimum absolute atomic E-state index is 0.111. The van der Waals surface area contributed by atoms with Crippen molar-refractivity contribution in [2.24, 2.45) is 0 Å². The van der Waals surface area contributed by atoms with Gasteiger partial charge in [-0.05, 0) is 73.3 Å². The van der Waals surface area contributed by atoms with Gasteiger partial charge in [0.2, 0.25) is 5.91 Å². The molecule has 200 valence electrons. The maximum Gasteiger partial charge on any atom is 0.238 e. The number of carbonyl (C=O) groups is 1. The van der Waals surface area contributed by atoms with Gasteiger partial charge in [0.25, 0.3) is 0 Å². The number of aromatic nitrogens is 5. The van der Waals surface area contributed by atoms with Crippen LogP contribution in [0.15, 0.2) is 73.2 Å². The van der Waals surface area contributed by atoms with Crippen LogP contribution >= 0.6 is 0 Å². The van der Waals surface area contributed by atoms with Gasteiger partial charge >= 0.3 is 0 Å². The van der Waals surface area contributed by atoms with E-state index in [9.17, 15) is 9.18 Å². The van der Waals surface area contributed by atoms with Crippen LogP contribution in [0.5, 0.6) is 5.75 Å². The summed E-state index contributed by atoms with van der Waals surface area (Å²) in [5.41, 5.74) is 6.94. The third kappa shape index (κ3) is 4.87. The molecule has 6 aromatic rings. The fourth-order valence-corrected chi connectivity index (χ4v) is 4.80. The summed E-state index contributed by atoms with van der Waals surface area (Å²) >= 11 is 0. The molecule has 10 heteroatoms. The Morgan fingerprint density at radius 2 is 1.88 bits per heavy atom. The molecule has 0 aliphatic rings. The van der Waals surface area contributed by atoms with Crippen molar-refractivity contribution in [2.75, 3.05) is 33.1 Å². The number of nitrogens with zero attached hydrogens (tertiary/aromatic N) is 4. The molecule has 0 bridgehead atoms. The number of amides is 1. The average molecular weight is 536 g/mol. The van der Waals surface area contributed by atoms with Crippen molar-refractivity contribution in [3.05, 3.63) is 79.0 Å². The zero-order valence-electron chi connectivity index (χ0n) is 22.1. The van der Waals surface area contributed by atoms with Crippen LogP contribution in [0.2, 0.25) is 0 Å². The number of pyridine rings is 2. The third-order valence-corrected chi connectivity index (χ3v) is 6.58. The SMILES string of the molecule is COc1cc(F)cc(-c2ccnc3[nH]c(-c4n[nH]c5ccc(-c6cncc(NC(=O)CN(C)C)c6)cc45)cc23)c1. The van der Waals surface area contributed by atoms with E-state index >= 15 is 0 Å². The maximum absolute atomic E-state index is 14.3. The van der Waals surface area contributed by atoms with Crippen LogP contribution < -0.4 is 10.1 Å². The lowest BCUT2D eigenvalue weighted by Crippen LogP contribution is -2.27. The second-order valence-corrected chi connectivity index (χ2v) is 9.76. The third-order valence-electron chi connectivity index (χ3n) is 6.58. The molecule has 0 spiro atoms. The number of likely N-dealkylation sites (N-methyl/N-ethyl adjacent to an activating group) is 1. The highest BCUT2D eigenvalue weighted by atomic mass is 19.1. The standard InChI is InChI=1S/C30H26FN7O2/c1-38(2)16-28(39)34-21-9-19(14-32-15-21)17-4-5-26-25(11-17)29(37-36-26)27-13-24-23(6-7-33-30(24)35-27)18-8-20(31)12-22(10-18)40-3/h4-15H,16H2,1-3H3,(H,33,35)(H,34,39)(H,36,37). The molecule has 0 aliphatic carbocycles. The summed E-state index contributed by atoms with van der Waals surface area (Å²) < 4.78 is 19.5. The number of hydrogen-bond donors (Lipinski definition) is 3. The summed E-state index contributed by atoms with van der Waals surface area (Å²) in [6.07, 6.45) is 5.07. The molecule has 0 atom stereocenters. The van der Waals surface area contributed by atoms with E-state index in [4.69, 9.17) is 4.74 Å². The van der Waals surface area contributed by atoms with Crippen LogP contribution in [0.25, 0.3) is 55.6 Å². The second kappa shape index (κ2) is 10.2. The highest BCUT2D eigenvalue weighted by Crippen LogP contribution is 2.36. The molecule has 4 heterocycles. The number of carbonyl (C=O) groups excluding carboxylic acids is 1. The Labute approximate surface area is 229 Å². The minimum atomic E-state index is -0.378. The van der Waals surface area contributed by atoms with Gasteiger partial charge in [-0.15, -0.1) is 0 Å². The van der Waals surface area contributed by atoms with Crippen LogP contribution in [0.4, 0.5) is 10.1 Å². The average Bonchev–Trinajstić information content (AvgIpc) is 3.56. The van der Waals surface area contributed by atoms with Gasteiger partial charge in [-0.3, -0.25) is 14.9 Å². The van der Waals surface area contributed by atoms with Crippen LogP contribution in [-0.4, -0.2) is 63.7 Å². The molecule has 3 N–H and O–H groups in total. The molecular formula is C30H26FN7O2. The number of fused-ring (bicyclic) bond motifs is 2. The molecule has 4 aromatic heterocycles. The predicted molar refractivity (Wildman–Crippen MR) is 154 cm³/mol. The van der Waals surface area contributed by atoms with Gasteiger partial charge in [0.05, 0.1) is 36.7 Å². The molecule has 40 heavy (non-hydrogen) atoms. The number of anilines is 1. The van der Waals surface area contributed by atoms with Crippen molar-refractivity contribution in [2.45, 2.75) is 0 Å². The van der Waals surface area contributed by atoms with Crippen LogP contribution in [-0.2, 0) is 4.79 Å². The van der Waals surface area contributed by atoms with Gasteiger partial charge in [0.1, 0.15) is 22.9 Å². The van der Waals surface area contributed by atoms with Gasteiger partial charge in [0, 0.05) is 34.8 Å². The zero-order valence-corrected chi connectivity index (χ0v) is 22.1. The molecule has 0 unspecified atom stereocenters. The van der Waals surface area contributed by atoms with E-state index in [1.165, 1.54) is 19.2 Å². The summed E-state index contributed by atoms with van der Waals surface area (Å²) in [5.74, 6) is -0.0471. The molecule has 0 fully saturated rings. The molecule has 2 aromatic carbocycles. The number of rotatable bonds is 7. The number of aromatic amines is 2. The summed E-state index contributed by atoms with van der Waals surface area (Å²) in [6, 6.07) is 16.3. The number of benzene rings is 2. The smallest absolute Gasteiger partial charge is 0.238 e. The van der Waals surface area contributed by atoms with Gasteiger partial charge in [0.15, 0.2) is 0 Å². The number of ether oxygens (including phenoxy) is 1. The quantitative estimate of drug-likeness (QED) is 0.250. The van der Waals surface area contributed by atoms with E-state index in [-0.39, 0.29) is 18.3 Å². The van der Waals surface area contributed by atoms with Gasteiger partial charge in [-0.1, -0.05) is 6.07 Å². The van der Waals surface area contributed by atoms with Crippen LogP contribution in [0.3, 0.4) is 0 Å². The Balaban J connectivity index is 1.38. The van der Waals surface area contributed by atoms with E-state index in [0.29, 0.717) is 22.6 Å². The van der Waals surface area contributed by atoms with E-state index in [0.717, 1.165) is 44.4 Å². The first-order valence-corrected chi connectivity index (χ1v) is 12.6. The monoisotopic (exact) mass is 535 g/mol. The van der Waals surface area contributed by atoms with E-state index in [1.54, 1.807) is 29.6 Å². The molecule has 6 rings (SSSR count). The Kier molecular flexibility index (Phi) is 6.45. The summed E-state index contributed by atoms with van der Waals surface area (Å²) in [7, 11) is 5.20. The van der Waals surface area contributed by atoms with Crippen LogP contribution in [0, 0.1) is 5.82 Å². The largest absolute Gasteiger partial charge is 0.497 e. The molecule has 0 aliphatic heterocycles. The summed E-state index contributed by atoms with van der Waals surface area (Å²) in [4.78, 5) is 26.2. The van der Waals surface area contributed by atoms with Gasteiger partial charge < -0.3 is 19.9 Å². The first-order chi connectivity index (χ1) is 19.4. The van der Waals surface area contributed by atoms with E-state index in [2.05, 4.69) is 30.5 Å². The normalized spacial score (nSPS) is 11.4. The maximum atomic E-state index is 14.3. The highest BCUT2D eigenvalue weighted by molar-refractivity contribution is 6.01. The predicted octanol–water partition coefficient (Wildman–Crippen LogP) is 5.48. The Morgan fingerprint density at radius 3 is 2.70 bits per heavy atom.